The number of hydrogen-bond acceptors (Lipinski definition) is 4. The van der Waals surface area contributed by atoms with Gasteiger partial charge in [-0.15, -0.1) is 0 Å². The zero-order chi connectivity index (χ0) is 19.0. The number of nitrogens with zero attached hydrogens (tertiary/aromatic N) is 2. The van der Waals surface area contributed by atoms with Crippen LogP contribution in [0.3, 0.4) is 0 Å². The van der Waals surface area contributed by atoms with Gasteiger partial charge in [0.2, 0.25) is 10.0 Å². The number of sulfonamides is 1. The third-order valence-corrected chi connectivity index (χ3v) is 6.33. The SMILES string of the molecule is CN=C(NCCS(=O)(=O)N1CCOCC1)NCC(C)c1ccc(C)cc1. The molecule has 2 rings (SSSR count). The maximum Gasteiger partial charge on any atom is 0.215 e. The van der Waals surface area contributed by atoms with Crippen molar-refractivity contribution in [2.75, 3.05) is 52.2 Å². The Morgan fingerprint density at radius 3 is 2.50 bits per heavy atom. The third-order valence-electron chi connectivity index (χ3n) is 4.46. The molecule has 1 saturated heterocycles. The van der Waals surface area contributed by atoms with Crippen LogP contribution in [0.15, 0.2) is 29.3 Å². The molecule has 1 heterocycles. The van der Waals surface area contributed by atoms with Crippen molar-refractivity contribution in [3.63, 3.8) is 0 Å². The van der Waals surface area contributed by atoms with Crippen molar-refractivity contribution < 1.29 is 13.2 Å². The van der Waals surface area contributed by atoms with E-state index in [0.717, 1.165) is 6.54 Å². The van der Waals surface area contributed by atoms with Crippen LogP contribution in [0.1, 0.15) is 24.0 Å². The monoisotopic (exact) mass is 382 g/mol. The number of benzene rings is 1. The van der Waals surface area contributed by atoms with E-state index in [-0.39, 0.29) is 5.75 Å². The number of hydrogen-bond donors (Lipinski definition) is 2. The smallest absolute Gasteiger partial charge is 0.215 e. The van der Waals surface area contributed by atoms with Crippen LogP contribution in [0, 0.1) is 6.92 Å². The number of aryl methyl sites for hydroxylation is 1. The molecule has 0 saturated carbocycles. The minimum Gasteiger partial charge on any atom is -0.379 e. The Hall–Kier alpha value is -1.64. The summed E-state index contributed by atoms with van der Waals surface area (Å²) in [7, 11) is -1.57. The number of aliphatic imine (C=N–C) groups is 1. The van der Waals surface area contributed by atoms with Gasteiger partial charge in [-0.3, -0.25) is 4.99 Å². The van der Waals surface area contributed by atoms with Gasteiger partial charge in [-0.1, -0.05) is 36.8 Å². The van der Waals surface area contributed by atoms with E-state index in [1.807, 2.05) is 0 Å². The highest BCUT2D eigenvalue weighted by molar-refractivity contribution is 7.89. The summed E-state index contributed by atoms with van der Waals surface area (Å²) in [5.41, 5.74) is 2.50. The molecular weight excluding hydrogens is 352 g/mol. The van der Waals surface area contributed by atoms with Crippen molar-refractivity contribution in [3.05, 3.63) is 35.4 Å². The lowest BCUT2D eigenvalue weighted by Crippen LogP contribution is -2.45. The molecule has 2 N–H and O–H groups in total. The lowest BCUT2D eigenvalue weighted by atomic mass is 10.0. The fourth-order valence-corrected chi connectivity index (χ4v) is 4.06. The third kappa shape index (κ3) is 6.26. The average Bonchev–Trinajstić information content (AvgIpc) is 2.65. The predicted molar refractivity (Wildman–Crippen MR) is 105 cm³/mol. The van der Waals surface area contributed by atoms with Crippen molar-refractivity contribution in [1.82, 2.24) is 14.9 Å². The minimum absolute atomic E-state index is 0.0429. The lowest BCUT2D eigenvalue weighted by molar-refractivity contribution is 0.0730. The Morgan fingerprint density at radius 2 is 1.88 bits per heavy atom. The van der Waals surface area contributed by atoms with Gasteiger partial charge < -0.3 is 15.4 Å². The molecule has 26 heavy (non-hydrogen) atoms. The molecule has 0 radical (unpaired) electrons. The van der Waals surface area contributed by atoms with Gasteiger partial charge in [0.05, 0.1) is 19.0 Å². The highest BCUT2D eigenvalue weighted by Gasteiger charge is 2.23. The number of rotatable bonds is 7. The first kappa shape index (κ1) is 20.7. The molecule has 0 bridgehead atoms. The number of morpholine rings is 1. The van der Waals surface area contributed by atoms with E-state index in [1.54, 1.807) is 7.05 Å². The quantitative estimate of drug-likeness (QED) is 0.541. The molecule has 1 aliphatic rings. The van der Waals surface area contributed by atoms with Crippen LogP contribution < -0.4 is 10.6 Å². The van der Waals surface area contributed by atoms with Crippen molar-refractivity contribution in [2.24, 2.45) is 4.99 Å². The summed E-state index contributed by atoms with van der Waals surface area (Å²) >= 11 is 0. The second-order valence-electron chi connectivity index (χ2n) is 6.52. The van der Waals surface area contributed by atoms with E-state index in [2.05, 4.69) is 53.7 Å². The molecule has 0 aliphatic carbocycles. The second-order valence-corrected chi connectivity index (χ2v) is 8.61. The van der Waals surface area contributed by atoms with E-state index < -0.39 is 10.0 Å². The largest absolute Gasteiger partial charge is 0.379 e. The van der Waals surface area contributed by atoms with Gasteiger partial charge in [0, 0.05) is 33.2 Å². The Kier molecular flexibility index (Phi) is 7.86. The van der Waals surface area contributed by atoms with Crippen LogP contribution >= 0.6 is 0 Å². The van der Waals surface area contributed by atoms with E-state index in [0.29, 0.717) is 44.7 Å². The summed E-state index contributed by atoms with van der Waals surface area (Å²) < 4.78 is 31.3. The maximum absolute atomic E-state index is 12.3. The predicted octanol–water partition coefficient (Wildman–Crippen LogP) is 0.926. The minimum atomic E-state index is -3.26. The lowest BCUT2D eigenvalue weighted by Gasteiger charge is -2.26. The zero-order valence-electron chi connectivity index (χ0n) is 15.9. The fourth-order valence-electron chi connectivity index (χ4n) is 2.74. The van der Waals surface area contributed by atoms with Gasteiger partial charge in [0.1, 0.15) is 0 Å². The first-order chi connectivity index (χ1) is 12.4. The molecule has 146 valence electrons. The van der Waals surface area contributed by atoms with E-state index in [1.165, 1.54) is 15.4 Å². The zero-order valence-corrected chi connectivity index (χ0v) is 16.7. The van der Waals surface area contributed by atoms with Crippen LogP contribution in [0.25, 0.3) is 0 Å². The second kappa shape index (κ2) is 9.89. The molecule has 1 fully saturated rings. The van der Waals surface area contributed by atoms with Crippen LogP contribution in [0.4, 0.5) is 0 Å². The molecule has 1 aromatic rings. The summed E-state index contributed by atoms with van der Waals surface area (Å²) in [6.07, 6.45) is 0. The molecule has 1 aromatic carbocycles. The molecule has 0 amide bonds. The summed E-state index contributed by atoms with van der Waals surface area (Å²) in [4.78, 5) is 4.17. The van der Waals surface area contributed by atoms with E-state index in [4.69, 9.17) is 4.74 Å². The highest BCUT2D eigenvalue weighted by atomic mass is 32.2. The molecule has 8 heteroatoms. The molecule has 0 spiro atoms. The molecular formula is C18H30N4O3S. The summed E-state index contributed by atoms with van der Waals surface area (Å²) in [6, 6.07) is 8.48. The number of guanidine groups is 1. The van der Waals surface area contributed by atoms with Crippen molar-refractivity contribution in [2.45, 2.75) is 19.8 Å². The summed E-state index contributed by atoms with van der Waals surface area (Å²) in [5.74, 6) is 0.980. The first-order valence-electron chi connectivity index (χ1n) is 8.99. The first-order valence-corrected chi connectivity index (χ1v) is 10.6. The van der Waals surface area contributed by atoms with Gasteiger partial charge in [0.25, 0.3) is 0 Å². The molecule has 1 unspecified atom stereocenters. The number of ether oxygens (including phenoxy) is 1. The number of nitrogens with one attached hydrogen (secondary N) is 2. The summed E-state index contributed by atoms with van der Waals surface area (Å²) in [6.45, 7) is 7.06. The highest BCUT2D eigenvalue weighted by Crippen LogP contribution is 2.14. The van der Waals surface area contributed by atoms with Crippen LogP contribution in [-0.4, -0.2) is 70.9 Å². The molecule has 1 aliphatic heterocycles. The van der Waals surface area contributed by atoms with E-state index in [9.17, 15) is 8.42 Å². The Balaban J connectivity index is 1.76. The average molecular weight is 383 g/mol. The van der Waals surface area contributed by atoms with Gasteiger partial charge in [0.15, 0.2) is 5.96 Å². The van der Waals surface area contributed by atoms with E-state index >= 15 is 0 Å². The fraction of sp³-hybridized carbons (Fsp3) is 0.611. The standard InChI is InChI=1S/C18H30N4O3S/c1-15-4-6-17(7-5-15)16(2)14-21-18(19-3)20-8-13-26(23,24)22-9-11-25-12-10-22/h4-7,16H,8-14H2,1-3H3,(H2,19,20,21). The van der Waals surface area contributed by atoms with Gasteiger partial charge in [-0.05, 0) is 18.4 Å². The topological polar surface area (TPSA) is 83.0 Å². The maximum atomic E-state index is 12.3. The Morgan fingerprint density at radius 1 is 1.23 bits per heavy atom. The summed E-state index contributed by atoms with van der Waals surface area (Å²) in [5, 5.41) is 6.34. The Bertz CT molecular complexity index is 683. The van der Waals surface area contributed by atoms with Crippen LogP contribution in [-0.2, 0) is 14.8 Å². The Labute approximate surface area is 156 Å². The molecule has 1 atom stereocenters. The van der Waals surface area contributed by atoms with Crippen molar-refractivity contribution in [3.8, 4) is 0 Å². The van der Waals surface area contributed by atoms with Gasteiger partial charge in [-0.2, -0.15) is 4.31 Å². The normalized spacial score (nSPS) is 17.7. The van der Waals surface area contributed by atoms with Gasteiger partial charge in [-0.25, -0.2) is 8.42 Å². The van der Waals surface area contributed by atoms with Crippen LogP contribution in [0.2, 0.25) is 0 Å². The van der Waals surface area contributed by atoms with Gasteiger partial charge >= 0.3 is 0 Å². The molecule has 0 aromatic heterocycles. The van der Waals surface area contributed by atoms with Crippen molar-refractivity contribution in [1.29, 1.82) is 0 Å². The molecule has 7 nitrogen and oxygen atoms in total. The van der Waals surface area contributed by atoms with Crippen molar-refractivity contribution >= 4 is 16.0 Å². The van der Waals surface area contributed by atoms with Crippen LogP contribution in [0.5, 0.6) is 0 Å².